The molecule has 5 aromatic rings. The second-order valence-electron chi connectivity index (χ2n) is 15.5. The van der Waals surface area contributed by atoms with Gasteiger partial charge in [0.15, 0.2) is 6.29 Å². The van der Waals surface area contributed by atoms with E-state index in [0.29, 0.717) is 43.7 Å². The molecule has 5 atom stereocenters. The number of aliphatic hydroxyl groups excluding tert-OH is 2. The predicted molar refractivity (Wildman–Crippen MR) is 233 cm³/mol. The van der Waals surface area contributed by atoms with Crippen molar-refractivity contribution in [3.63, 3.8) is 0 Å². The van der Waals surface area contributed by atoms with Crippen molar-refractivity contribution in [2.24, 2.45) is 0 Å². The Labute approximate surface area is 348 Å². The average Bonchev–Trinajstić information content (AvgIpc) is 3.27. The van der Waals surface area contributed by atoms with E-state index in [1.807, 2.05) is 105 Å². The van der Waals surface area contributed by atoms with E-state index in [9.17, 15) is 19.8 Å². The van der Waals surface area contributed by atoms with Crippen LogP contribution in [0.15, 0.2) is 127 Å². The van der Waals surface area contributed by atoms with E-state index in [1.165, 1.54) is 0 Å². The summed E-state index contributed by atoms with van der Waals surface area (Å²) in [6, 6.07) is 41.0. The molecule has 0 aliphatic carbocycles. The Morgan fingerprint density at radius 2 is 1.44 bits per heavy atom. The molecule has 10 heteroatoms. The van der Waals surface area contributed by atoms with Gasteiger partial charge >= 0.3 is 0 Å². The lowest BCUT2D eigenvalue weighted by Crippen LogP contribution is -2.43. The number of anilines is 2. The van der Waals surface area contributed by atoms with Gasteiger partial charge in [-0.05, 0) is 84.5 Å². The minimum absolute atomic E-state index is 0.00557. The highest BCUT2D eigenvalue weighted by atomic mass is 16.7. The van der Waals surface area contributed by atoms with Gasteiger partial charge in [0.2, 0.25) is 11.8 Å². The Bertz CT molecular complexity index is 2090. The third-order valence-electron chi connectivity index (χ3n) is 11.1. The van der Waals surface area contributed by atoms with Crippen LogP contribution in [0.5, 0.6) is 0 Å². The third kappa shape index (κ3) is 12.6. The molecule has 1 heterocycles. The van der Waals surface area contributed by atoms with Crippen LogP contribution in [-0.4, -0.2) is 52.7 Å². The van der Waals surface area contributed by atoms with Crippen molar-refractivity contribution < 1.29 is 29.3 Å². The Morgan fingerprint density at radius 1 is 0.763 bits per heavy atom. The lowest BCUT2D eigenvalue weighted by Gasteiger charge is -2.39. The number of amides is 2. The Hall–Kier alpha value is -5.36. The topological polar surface area (TPSA) is 146 Å². The number of rotatable bonds is 19. The Kier molecular flexibility index (Phi) is 15.8. The van der Waals surface area contributed by atoms with Gasteiger partial charge in [0, 0.05) is 44.0 Å². The van der Waals surface area contributed by atoms with Crippen LogP contribution in [0, 0.1) is 0 Å². The van der Waals surface area contributed by atoms with Crippen LogP contribution in [-0.2, 0) is 32.2 Å². The highest BCUT2D eigenvalue weighted by molar-refractivity contribution is 5.93. The molecule has 5 aromatic carbocycles. The van der Waals surface area contributed by atoms with Crippen LogP contribution >= 0.6 is 0 Å². The van der Waals surface area contributed by atoms with Crippen molar-refractivity contribution in [3.8, 4) is 11.1 Å². The number of carbonyl (C=O) groups excluding carboxylic acids is 2. The Balaban J connectivity index is 1.03. The fraction of sp³-hybridized carbons (Fsp3) is 0.347. The molecule has 1 aliphatic heterocycles. The van der Waals surface area contributed by atoms with Gasteiger partial charge in [-0.2, -0.15) is 0 Å². The largest absolute Gasteiger partial charge is 0.397 e. The Morgan fingerprint density at radius 3 is 2.17 bits per heavy atom. The monoisotopic (exact) mass is 798 g/mol. The van der Waals surface area contributed by atoms with E-state index >= 15 is 0 Å². The molecule has 310 valence electrons. The highest BCUT2D eigenvalue weighted by Gasteiger charge is 2.34. The molecular weight excluding hydrogens is 741 g/mol. The maximum absolute atomic E-state index is 12.7. The summed E-state index contributed by atoms with van der Waals surface area (Å²) >= 11 is 0. The first-order valence-electron chi connectivity index (χ1n) is 20.7. The number of nitrogens with one attached hydrogen (secondary N) is 2. The second kappa shape index (κ2) is 21.6. The maximum atomic E-state index is 12.7. The van der Waals surface area contributed by atoms with Crippen molar-refractivity contribution in [1.29, 1.82) is 0 Å². The van der Waals surface area contributed by atoms with Gasteiger partial charge < -0.3 is 36.1 Å². The normalized spacial score (nSPS) is 17.6. The van der Waals surface area contributed by atoms with Gasteiger partial charge in [-0.15, -0.1) is 0 Å². The molecule has 6 N–H and O–H groups in total. The smallest absolute Gasteiger partial charge is 0.224 e. The number of para-hydroxylation sites is 2. The number of unbranched alkanes of at least 4 members (excludes halogenated alkanes) is 3. The zero-order valence-corrected chi connectivity index (χ0v) is 34.1. The molecule has 1 aliphatic rings. The summed E-state index contributed by atoms with van der Waals surface area (Å²) in [5, 5.41) is 26.7. The van der Waals surface area contributed by atoms with Gasteiger partial charge in [0.25, 0.3) is 0 Å². The van der Waals surface area contributed by atoms with E-state index in [0.717, 1.165) is 64.6 Å². The number of likely N-dealkylation sites (N-methyl/N-ethyl adjacent to an activating group) is 1. The van der Waals surface area contributed by atoms with E-state index in [1.54, 1.807) is 12.1 Å². The number of benzene rings is 5. The van der Waals surface area contributed by atoms with E-state index in [4.69, 9.17) is 15.2 Å². The fourth-order valence-corrected chi connectivity index (χ4v) is 7.45. The number of nitrogens with two attached hydrogens (primary N) is 1. The van der Waals surface area contributed by atoms with Crippen LogP contribution in [0.3, 0.4) is 0 Å². The zero-order valence-electron chi connectivity index (χ0n) is 34.1. The highest BCUT2D eigenvalue weighted by Crippen LogP contribution is 2.39. The van der Waals surface area contributed by atoms with E-state index in [-0.39, 0.29) is 36.7 Å². The van der Waals surface area contributed by atoms with Gasteiger partial charge in [0.05, 0.1) is 36.3 Å². The molecule has 6 rings (SSSR count). The standard InChI is InChI=1S/C49H58N4O6/c1-34(48(57)38-15-6-5-7-16-38)53(2)32-42-30-45(37-26-24-35(33-54)25-27-37)59-49(58-42)41-19-13-18-40(29-41)39-17-12-14-36(28-39)31-51-46(55)22-8-3-4-9-23-47(56)52-44-21-11-10-20-43(44)50/h5-7,10-21,24-29,34,42,45,48-49,54,57H,3-4,8-9,22-23,30-33,50H2,1-2H3,(H,51,55)(H,52,56)/t34-,42-,45+,48-,49+/m0/s1. The first kappa shape index (κ1) is 43.2. The number of ether oxygens (including phenoxy) is 2. The summed E-state index contributed by atoms with van der Waals surface area (Å²) in [4.78, 5) is 27.1. The molecule has 59 heavy (non-hydrogen) atoms. The number of carbonyl (C=O) groups is 2. The van der Waals surface area contributed by atoms with Gasteiger partial charge in [-0.3, -0.25) is 14.5 Å². The molecule has 1 fully saturated rings. The van der Waals surface area contributed by atoms with Crippen molar-refractivity contribution >= 4 is 23.2 Å². The first-order valence-corrected chi connectivity index (χ1v) is 20.7. The molecule has 0 aromatic heterocycles. The van der Waals surface area contributed by atoms with Crippen molar-refractivity contribution in [2.45, 2.75) is 95.7 Å². The molecule has 0 radical (unpaired) electrons. The minimum atomic E-state index is -0.649. The maximum Gasteiger partial charge on any atom is 0.224 e. The lowest BCUT2D eigenvalue weighted by atomic mass is 9.97. The molecule has 0 spiro atoms. The average molecular weight is 799 g/mol. The molecule has 0 saturated carbocycles. The zero-order chi connectivity index (χ0) is 41.6. The summed E-state index contributed by atoms with van der Waals surface area (Å²) in [7, 11) is 2.02. The number of nitrogens with zero attached hydrogens (tertiary/aromatic N) is 1. The summed E-state index contributed by atoms with van der Waals surface area (Å²) in [5.74, 6) is -0.0502. The van der Waals surface area contributed by atoms with Crippen LogP contribution in [0.1, 0.15) is 98.2 Å². The number of nitrogen functional groups attached to an aromatic ring is 1. The molecule has 0 bridgehead atoms. The molecule has 0 unspecified atom stereocenters. The predicted octanol–water partition coefficient (Wildman–Crippen LogP) is 8.62. The van der Waals surface area contributed by atoms with Crippen LogP contribution in [0.2, 0.25) is 0 Å². The second-order valence-corrected chi connectivity index (χ2v) is 15.5. The molecule has 1 saturated heterocycles. The lowest BCUT2D eigenvalue weighted by molar-refractivity contribution is -0.253. The first-order chi connectivity index (χ1) is 28.7. The van der Waals surface area contributed by atoms with Crippen LogP contribution < -0.4 is 16.4 Å². The minimum Gasteiger partial charge on any atom is -0.397 e. The summed E-state index contributed by atoms with van der Waals surface area (Å²) in [5.41, 5.74) is 13.7. The van der Waals surface area contributed by atoms with E-state index in [2.05, 4.69) is 39.8 Å². The van der Waals surface area contributed by atoms with Crippen molar-refractivity contribution in [1.82, 2.24) is 10.2 Å². The molecule has 10 nitrogen and oxygen atoms in total. The van der Waals surface area contributed by atoms with Crippen LogP contribution in [0.25, 0.3) is 11.1 Å². The number of aliphatic hydroxyl groups is 2. The van der Waals surface area contributed by atoms with Gasteiger partial charge in [-0.1, -0.05) is 116 Å². The van der Waals surface area contributed by atoms with Crippen molar-refractivity contribution in [2.75, 3.05) is 24.6 Å². The van der Waals surface area contributed by atoms with Gasteiger partial charge in [-0.25, -0.2) is 0 Å². The summed E-state index contributed by atoms with van der Waals surface area (Å²) in [6.45, 7) is 3.02. The van der Waals surface area contributed by atoms with Crippen molar-refractivity contribution in [3.05, 3.63) is 155 Å². The number of hydrogen-bond donors (Lipinski definition) is 5. The quantitative estimate of drug-likeness (QED) is 0.0413. The van der Waals surface area contributed by atoms with Gasteiger partial charge in [0.1, 0.15) is 0 Å². The number of hydrogen-bond acceptors (Lipinski definition) is 8. The summed E-state index contributed by atoms with van der Waals surface area (Å²) < 4.78 is 13.4. The molecular formula is C49H58N4O6. The SMILES string of the molecule is C[C@@H]([C@H](O)c1ccccc1)N(C)C[C@@H]1C[C@H](c2ccc(CO)cc2)O[C@H](c2cccc(-c3cccc(CNC(=O)CCCCCCC(=O)Nc4ccccc4N)c3)c2)O1. The van der Waals surface area contributed by atoms with Crippen LogP contribution in [0.4, 0.5) is 11.4 Å². The molecule has 2 amide bonds. The fourth-order valence-electron chi connectivity index (χ4n) is 7.45. The summed E-state index contributed by atoms with van der Waals surface area (Å²) in [6.07, 6.45) is 3.04. The third-order valence-corrected chi connectivity index (χ3v) is 11.1. The van der Waals surface area contributed by atoms with E-state index < -0.39 is 12.4 Å².